The Morgan fingerprint density at radius 1 is 0.968 bits per heavy atom. The lowest BCUT2D eigenvalue weighted by molar-refractivity contribution is -0.122. The van der Waals surface area contributed by atoms with Gasteiger partial charge in [-0.3, -0.25) is 9.48 Å². The summed E-state index contributed by atoms with van der Waals surface area (Å²) < 4.78 is 2.04. The van der Waals surface area contributed by atoms with Gasteiger partial charge in [-0.25, -0.2) is 0 Å². The van der Waals surface area contributed by atoms with Gasteiger partial charge >= 0.3 is 0 Å². The molecule has 0 radical (unpaired) electrons. The van der Waals surface area contributed by atoms with Gasteiger partial charge in [0.2, 0.25) is 5.91 Å². The van der Waals surface area contributed by atoms with E-state index in [0.29, 0.717) is 6.42 Å². The zero-order chi connectivity index (χ0) is 21.0. The summed E-state index contributed by atoms with van der Waals surface area (Å²) in [6, 6.07) is 27.2. The van der Waals surface area contributed by atoms with E-state index in [4.69, 9.17) is 5.10 Å². The van der Waals surface area contributed by atoms with Crippen molar-refractivity contribution >= 4 is 16.8 Å². The zero-order valence-corrected chi connectivity index (χ0v) is 17.6. The molecule has 4 heteroatoms. The number of aromatic nitrogens is 2. The number of nitrogens with one attached hydrogen (secondary N) is 1. The Morgan fingerprint density at radius 3 is 2.65 bits per heavy atom. The summed E-state index contributed by atoms with van der Waals surface area (Å²) in [4.78, 5) is 12.7. The lowest BCUT2D eigenvalue weighted by Gasteiger charge is -2.26. The molecule has 1 N–H and O–H groups in total. The Morgan fingerprint density at radius 2 is 1.74 bits per heavy atom. The van der Waals surface area contributed by atoms with Crippen LogP contribution in [0.25, 0.3) is 22.2 Å². The summed E-state index contributed by atoms with van der Waals surface area (Å²) in [5, 5.41) is 9.30. The van der Waals surface area contributed by atoms with Crippen molar-refractivity contribution in [2.75, 3.05) is 0 Å². The molecule has 1 atom stereocenters. The molecule has 1 amide bonds. The molecule has 0 aliphatic heterocycles. The minimum absolute atomic E-state index is 0.126. The third-order valence-corrected chi connectivity index (χ3v) is 6.18. The summed E-state index contributed by atoms with van der Waals surface area (Å²) in [5.74, 6) is 0.126. The molecule has 5 rings (SSSR count). The Labute approximate surface area is 182 Å². The minimum atomic E-state index is 0.126. The summed E-state index contributed by atoms with van der Waals surface area (Å²) in [5.41, 5.74) is 5.89. The summed E-state index contributed by atoms with van der Waals surface area (Å²) in [6.45, 7) is 0.724. The van der Waals surface area contributed by atoms with Crippen LogP contribution in [0.4, 0.5) is 0 Å². The predicted molar refractivity (Wildman–Crippen MR) is 125 cm³/mol. The smallest absolute Gasteiger partial charge is 0.220 e. The van der Waals surface area contributed by atoms with E-state index in [9.17, 15) is 4.79 Å². The number of benzene rings is 3. The van der Waals surface area contributed by atoms with E-state index >= 15 is 0 Å². The van der Waals surface area contributed by atoms with Gasteiger partial charge in [-0.15, -0.1) is 0 Å². The maximum absolute atomic E-state index is 12.7. The molecule has 0 saturated carbocycles. The van der Waals surface area contributed by atoms with Crippen LogP contribution in [0.1, 0.15) is 42.9 Å². The summed E-state index contributed by atoms with van der Waals surface area (Å²) in [6.07, 6.45) is 4.53. The van der Waals surface area contributed by atoms with E-state index in [1.165, 1.54) is 11.1 Å². The lowest BCUT2D eigenvalue weighted by atomic mass is 9.87. The van der Waals surface area contributed by atoms with Crippen molar-refractivity contribution < 1.29 is 4.79 Å². The fourth-order valence-electron chi connectivity index (χ4n) is 4.67. The van der Waals surface area contributed by atoms with Crippen molar-refractivity contribution in [1.29, 1.82) is 0 Å². The van der Waals surface area contributed by atoms with Gasteiger partial charge in [0.25, 0.3) is 0 Å². The first-order chi connectivity index (χ1) is 15.3. The fraction of sp³-hybridized carbons (Fsp3) is 0.259. The maximum Gasteiger partial charge on any atom is 0.220 e. The van der Waals surface area contributed by atoms with Crippen LogP contribution in [-0.4, -0.2) is 15.7 Å². The van der Waals surface area contributed by atoms with Gasteiger partial charge < -0.3 is 5.32 Å². The number of rotatable bonds is 6. The first kappa shape index (κ1) is 19.6. The standard InChI is InChI=1S/C27H27N3O/c31-26(28-24-16-8-13-20-10-4-5-14-22(20)24)18-9-19-30-25-17-7-6-15-23(25)27(29-30)21-11-2-1-3-12-21/h1-7,10-12,14-15,17,24H,8-9,13,16,18-19H2,(H,28,31)/t24-/m0/s1. The van der Waals surface area contributed by atoms with Gasteiger partial charge in [0.15, 0.2) is 0 Å². The Bertz CT molecular complexity index is 1200. The summed E-state index contributed by atoms with van der Waals surface area (Å²) in [7, 11) is 0. The van der Waals surface area contributed by atoms with Gasteiger partial charge in [0.1, 0.15) is 5.69 Å². The van der Waals surface area contributed by atoms with E-state index in [2.05, 4.69) is 59.9 Å². The van der Waals surface area contributed by atoms with Crippen molar-refractivity contribution in [3.8, 4) is 11.3 Å². The van der Waals surface area contributed by atoms with E-state index in [0.717, 1.165) is 54.4 Å². The van der Waals surface area contributed by atoms with Gasteiger partial charge in [-0.2, -0.15) is 5.10 Å². The molecule has 1 aliphatic rings. The molecule has 0 fully saturated rings. The molecule has 0 unspecified atom stereocenters. The molecular formula is C27H27N3O. The van der Waals surface area contributed by atoms with Crippen molar-refractivity contribution in [3.05, 3.63) is 90.0 Å². The third kappa shape index (κ3) is 4.11. The maximum atomic E-state index is 12.7. The van der Waals surface area contributed by atoms with Gasteiger partial charge in [0, 0.05) is 23.9 Å². The normalized spacial score (nSPS) is 15.5. The molecule has 0 saturated heterocycles. The second kappa shape index (κ2) is 8.76. The number of amides is 1. The number of nitrogens with zero attached hydrogens (tertiary/aromatic N) is 2. The summed E-state index contributed by atoms with van der Waals surface area (Å²) >= 11 is 0. The molecule has 0 bridgehead atoms. The third-order valence-electron chi connectivity index (χ3n) is 6.18. The number of aryl methyl sites for hydroxylation is 2. The average Bonchev–Trinajstić information content (AvgIpc) is 3.19. The fourth-order valence-corrected chi connectivity index (χ4v) is 4.67. The highest BCUT2D eigenvalue weighted by Gasteiger charge is 2.21. The number of carbonyl (C=O) groups excluding carboxylic acids is 1. The number of hydrogen-bond donors (Lipinski definition) is 1. The SMILES string of the molecule is O=C(CCCn1nc(-c2ccccc2)c2ccccc21)N[C@H]1CCCc2ccccc21. The van der Waals surface area contributed by atoms with Crippen LogP contribution in [0.15, 0.2) is 78.9 Å². The Balaban J connectivity index is 1.26. The van der Waals surface area contributed by atoms with Crippen LogP contribution in [0.3, 0.4) is 0 Å². The van der Waals surface area contributed by atoms with E-state index < -0.39 is 0 Å². The quantitative estimate of drug-likeness (QED) is 0.445. The monoisotopic (exact) mass is 409 g/mol. The van der Waals surface area contributed by atoms with Crippen LogP contribution in [0.2, 0.25) is 0 Å². The highest BCUT2D eigenvalue weighted by atomic mass is 16.1. The van der Waals surface area contributed by atoms with Gasteiger partial charge in [-0.1, -0.05) is 72.8 Å². The van der Waals surface area contributed by atoms with Crippen LogP contribution in [0.5, 0.6) is 0 Å². The number of hydrogen-bond acceptors (Lipinski definition) is 2. The van der Waals surface area contributed by atoms with E-state index in [1.54, 1.807) is 0 Å². The first-order valence-corrected chi connectivity index (χ1v) is 11.2. The topological polar surface area (TPSA) is 46.9 Å². The molecule has 156 valence electrons. The van der Waals surface area contributed by atoms with Gasteiger partial charge in [0.05, 0.1) is 11.6 Å². The first-order valence-electron chi connectivity index (χ1n) is 11.2. The second-order valence-electron chi connectivity index (χ2n) is 8.27. The van der Waals surface area contributed by atoms with Crippen LogP contribution >= 0.6 is 0 Å². The van der Waals surface area contributed by atoms with E-state index in [-0.39, 0.29) is 11.9 Å². The van der Waals surface area contributed by atoms with Gasteiger partial charge in [-0.05, 0) is 42.9 Å². The number of fused-ring (bicyclic) bond motifs is 2. The molecule has 1 heterocycles. The zero-order valence-electron chi connectivity index (χ0n) is 17.6. The molecule has 3 aromatic carbocycles. The van der Waals surface area contributed by atoms with Crippen molar-refractivity contribution in [1.82, 2.24) is 15.1 Å². The average molecular weight is 410 g/mol. The van der Waals surface area contributed by atoms with Crippen LogP contribution in [0, 0.1) is 0 Å². The molecular weight excluding hydrogens is 382 g/mol. The molecule has 31 heavy (non-hydrogen) atoms. The van der Waals surface area contributed by atoms with Crippen LogP contribution in [-0.2, 0) is 17.8 Å². The highest BCUT2D eigenvalue weighted by Crippen LogP contribution is 2.30. The highest BCUT2D eigenvalue weighted by molar-refractivity contribution is 5.93. The van der Waals surface area contributed by atoms with Crippen LogP contribution < -0.4 is 5.32 Å². The number of para-hydroxylation sites is 1. The molecule has 1 aliphatic carbocycles. The molecule has 1 aromatic heterocycles. The largest absolute Gasteiger partial charge is 0.349 e. The van der Waals surface area contributed by atoms with Crippen molar-refractivity contribution in [2.45, 2.75) is 44.7 Å². The number of carbonyl (C=O) groups is 1. The van der Waals surface area contributed by atoms with Crippen molar-refractivity contribution in [2.24, 2.45) is 0 Å². The molecule has 0 spiro atoms. The van der Waals surface area contributed by atoms with Crippen molar-refractivity contribution in [3.63, 3.8) is 0 Å². The second-order valence-corrected chi connectivity index (χ2v) is 8.27. The molecule has 4 nitrogen and oxygen atoms in total. The molecule has 4 aromatic rings. The predicted octanol–water partition coefficient (Wildman–Crippen LogP) is 5.68. The minimum Gasteiger partial charge on any atom is -0.349 e. The van der Waals surface area contributed by atoms with E-state index in [1.807, 2.05) is 28.9 Å². The Hall–Kier alpha value is -3.40. The Kier molecular flexibility index (Phi) is 5.53. The lowest BCUT2D eigenvalue weighted by Crippen LogP contribution is -2.30.